The van der Waals surface area contributed by atoms with Crippen molar-refractivity contribution in [2.45, 2.75) is 6.42 Å². The molecule has 9 heteroatoms. The number of halogens is 3. The standard InChI is InChI=1S/C21H20Cl3N3O3/c22-16-3-1-14(2-4-16)20(29)25-6-5-19(28)26-7-9-27(10-8-26)21(30)15-11-17(23)13-18(24)12-15/h1-4,11-13H,5-10H2,(H,25,29). The summed E-state index contributed by atoms with van der Waals surface area (Å²) in [6, 6.07) is 11.3. The van der Waals surface area contributed by atoms with Crippen LogP contribution in [-0.2, 0) is 4.79 Å². The van der Waals surface area contributed by atoms with E-state index in [1.807, 2.05) is 0 Å². The second-order valence-electron chi connectivity index (χ2n) is 6.84. The van der Waals surface area contributed by atoms with Crippen LogP contribution in [-0.4, -0.2) is 60.2 Å². The molecule has 1 fully saturated rings. The van der Waals surface area contributed by atoms with E-state index in [1.54, 1.807) is 52.3 Å². The first kappa shape index (κ1) is 22.4. The number of nitrogens with one attached hydrogen (secondary N) is 1. The largest absolute Gasteiger partial charge is 0.352 e. The molecular formula is C21H20Cl3N3O3. The fourth-order valence-corrected chi connectivity index (χ4v) is 3.82. The van der Waals surface area contributed by atoms with Crippen LogP contribution in [0, 0.1) is 0 Å². The summed E-state index contributed by atoms with van der Waals surface area (Å²) in [4.78, 5) is 40.5. The van der Waals surface area contributed by atoms with Crippen LogP contribution in [0.1, 0.15) is 27.1 Å². The van der Waals surface area contributed by atoms with Crippen molar-refractivity contribution in [2.75, 3.05) is 32.7 Å². The van der Waals surface area contributed by atoms with E-state index in [-0.39, 0.29) is 30.7 Å². The van der Waals surface area contributed by atoms with Crippen molar-refractivity contribution in [2.24, 2.45) is 0 Å². The SMILES string of the molecule is O=C(NCCC(=O)N1CCN(C(=O)c2cc(Cl)cc(Cl)c2)CC1)c1ccc(Cl)cc1. The van der Waals surface area contributed by atoms with Crippen LogP contribution in [0.4, 0.5) is 0 Å². The normalized spacial score (nSPS) is 13.8. The first-order valence-corrected chi connectivity index (χ1v) is 10.5. The van der Waals surface area contributed by atoms with Gasteiger partial charge in [0.25, 0.3) is 11.8 Å². The molecule has 30 heavy (non-hydrogen) atoms. The average molecular weight is 469 g/mol. The van der Waals surface area contributed by atoms with E-state index in [9.17, 15) is 14.4 Å². The van der Waals surface area contributed by atoms with Crippen LogP contribution in [0.25, 0.3) is 0 Å². The Bertz CT molecular complexity index is 922. The number of amides is 3. The predicted molar refractivity (Wildman–Crippen MR) is 117 cm³/mol. The smallest absolute Gasteiger partial charge is 0.254 e. The van der Waals surface area contributed by atoms with E-state index >= 15 is 0 Å². The van der Waals surface area contributed by atoms with Gasteiger partial charge in [0.05, 0.1) is 0 Å². The Hall–Kier alpha value is -2.28. The van der Waals surface area contributed by atoms with Crippen LogP contribution >= 0.6 is 34.8 Å². The first-order chi connectivity index (χ1) is 14.3. The molecule has 158 valence electrons. The second-order valence-corrected chi connectivity index (χ2v) is 8.15. The van der Waals surface area contributed by atoms with Gasteiger partial charge in [0.15, 0.2) is 0 Å². The van der Waals surface area contributed by atoms with E-state index < -0.39 is 0 Å². The van der Waals surface area contributed by atoms with Gasteiger partial charge >= 0.3 is 0 Å². The van der Waals surface area contributed by atoms with Crippen molar-refractivity contribution in [3.8, 4) is 0 Å². The first-order valence-electron chi connectivity index (χ1n) is 9.40. The summed E-state index contributed by atoms with van der Waals surface area (Å²) < 4.78 is 0. The molecule has 1 aliphatic rings. The number of hydrogen-bond acceptors (Lipinski definition) is 3. The molecule has 6 nitrogen and oxygen atoms in total. The quantitative estimate of drug-likeness (QED) is 0.726. The molecule has 1 N–H and O–H groups in total. The lowest BCUT2D eigenvalue weighted by Gasteiger charge is -2.35. The third kappa shape index (κ3) is 5.88. The lowest BCUT2D eigenvalue weighted by atomic mass is 10.1. The van der Waals surface area contributed by atoms with Crippen molar-refractivity contribution in [3.63, 3.8) is 0 Å². The summed E-state index contributed by atoms with van der Waals surface area (Å²) in [7, 11) is 0. The third-order valence-corrected chi connectivity index (χ3v) is 5.45. The molecule has 0 spiro atoms. The zero-order chi connectivity index (χ0) is 21.7. The van der Waals surface area contributed by atoms with Gasteiger partial charge in [-0.25, -0.2) is 0 Å². The molecule has 2 aromatic rings. The van der Waals surface area contributed by atoms with Crippen LogP contribution in [0.15, 0.2) is 42.5 Å². The van der Waals surface area contributed by atoms with Crippen molar-refractivity contribution in [3.05, 3.63) is 68.7 Å². The zero-order valence-electron chi connectivity index (χ0n) is 16.0. The molecule has 1 heterocycles. The molecule has 0 aromatic heterocycles. The van der Waals surface area contributed by atoms with E-state index in [0.717, 1.165) is 0 Å². The van der Waals surface area contributed by atoms with E-state index in [2.05, 4.69) is 5.32 Å². The number of benzene rings is 2. The number of hydrogen-bond donors (Lipinski definition) is 1. The molecule has 0 atom stereocenters. The Morgan fingerprint density at radius 2 is 1.33 bits per heavy atom. The molecule has 1 aliphatic heterocycles. The van der Waals surface area contributed by atoms with Gasteiger partial charge in [-0.05, 0) is 42.5 Å². The maximum absolute atomic E-state index is 12.6. The van der Waals surface area contributed by atoms with Crippen molar-refractivity contribution < 1.29 is 14.4 Å². The maximum atomic E-state index is 12.6. The highest BCUT2D eigenvalue weighted by atomic mass is 35.5. The molecule has 1 saturated heterocycles. The average Bonchev–Trinajstić information content (AvgIpc) is 2.73. The Kier molecular flexibility index (Phi) is 7.58. The monoisotopic (exact) mass is 467 g/mol. The maximum Gasteiger partial charge on any atom is 0.254 e. The number of piperazine rings is 1. The molecular weight excluding hydrogens is 449 g/mol. The molecule has 3 rings (SSSR count). The topological polar surface area (TPSA) is 69.7 Å². The second kappa shape index (κ2) is 10.2. The van der Waals surface area contributed by atoms with Gasteiger partial charge in [0.2, 0.25) is 5.91 Å². The van der Waals surface area contributed by atoms with Gasteiger partial charge in [-0.1, -0.05) is 34.8 Å². The highest BCUT2D eigenvalue weighted by molar-refractivity contribution is 6.35. The summed E-state index contributed by atoms with van der Waals surface area (Å²) in [5.41, 5.74) is 0.914. The Morgan fingerprint density at radius 3 is 1.93 bits per heavy atom. The van der Waals surface area contributed by atoms with Gasteiger partial charge < -0.3 is 15.1 Å². The van der Waals surface area contributed by atoms with Gasteiger partial charge in [0.1, 0.15) is 0 Å². The molecule has 0 aliphatic carbocycles. The summed E-state index contributed by atoms with van der Waals surface area (Å²) in [5.74, 6) is -0.485. The molecule has 0 saturated carbocycles. The highest BCUT2D eigenvalue weighted by Gasteiger charge is 2.25. The Balaban J connectivity index is 1.44. The molecule has 0 unspecified atom stereocenters. The summed E-state index contributed by atoms with van der Waals surface area (Å²) >= 11 is 17.7. The number of rotatable bonds is 5. The minimum Gasteiger partial charge on any atom is -0.352 e. The van der Waals surface area contributed by atoms with Crippen molar-refractivity contribution in [1.29, 1.82) is 0 Å². The Labute approximate surface area is 189 Å². The number of carbonyl (C=O) groups excluding carboxylic acids is 3. The summed E-state index contributed by atoms with van der Waals surface area (Å²) in [6.45, 7) is 1.95. The van der Waals surface area contributed by atoms with Gasteiger partial charge in [-0.15, -0.1) is 0 Å². The Morgan fingerprint density at radius 1 is 0.767 bits per heavy atom. The van der Waals surface area contributed by atoms with Crippen LogP contribution < -0.4 is 5.32 Å². The minimum atomic E-state index is -0.255. The zero-order valence-corrected chi connectivity index (χ0v) is 18.3. The van der Waals surface area contributed by atoms with Gasteiger partial charge in [-0.2, -0.15) is 0 Å². The van der Waals surface area contributed by atoms with Crippen LogP contribution in [0.3, 0.4) is 0 Å². The minimum absolute atomic E-state index is 0.0655. The lowest BCUT2D eigenvalue weighted by molar-refractivity contribution is -0.132. The van der Waals surface area contributed by atoms with Gasteiger partial charge in [0, 0.05) is 65.3 Å². The van der Waals surface area contributed by atoms with Crippen molar-refractivity contribution in [1.82, 2.24) is 15.1 Å². The molecule has 0 bridgehead atoms. The third-order valence-electron chi connectivity index (χ3n) is 4.76. The van der Waals surface area contributed by atoms with Crippen LogP contribution in [0.5, 0.6) is 0 Å². The number of nitrogens with zero attached hydrogens (tertiary/aromatic N) is 2. The van der Waals surface area contributed by atoms with E-state index in [4.69, 9.17) is 34.8 Å². The van der Waals surface area contributed by atoms with E-state index in [0.29, 0.717) is 52.4 Å². The van der Waals surface area contributed by atoms with Crippen LogP contribution in [0.2, 0.25) is 15.1 Å². The summed E-state index contributed by atoms with van der Waals surface area (Å²) in [5, 5.41) is 4.09. The summed E-state index contributed by atoms with van der Waals surface area (Å²) in [6.07, 6.45) is 0.192. The number of carbonyl (C=O) groups is 3. The molecule has 0 radical (unpaired) electrons. The predicted octanol–water partition coefficient (Wildman–Crippen LogP) is 3.75. The fraction of sp³-hybridized carbons (Fsp3) is 0.286. The fourth-order valence-electron chi connectivity index (χ4n) is 3.16. The lowest BCUT2D eigenvalue weighted by Crippen LogP contribution is -2.51. The van der Waals surface area contributed by atoms with E-state index in [1.165, 1.54) is 0 Å². The highest BCUT2D eigenvalue weighted by Crippen LogP contribution is 2.21. The van der Waals surface area contributed by atoms with Gasteiger partial charge in [-0.3, -0.25) is 14.4 Å². The molecule has 2 aromatic carbocycles. The van der Waals surface area contributed by atoms with Crippen molar-refractivity contribution >= 4 is 52.5 Å². The molecule has 3 amide bonds.